The van der Waals surface area contributed by atoms with Gasteiger partial charge in [0.1, 0.15) is 5.75 Å². The highest BCUT2D eigenvalue weighted by Gasteiger charge is 2.33. The lowest BCUT2D eigenvalue weighted by molar-refractivity contribution is -0.136. The van der Waals surface area contributed by atoms with Gasteiger partial charge < -0.3 is 20.5 Å². The van der Waals surface area contributed by atoms with Crippen molar-refractivity contribution in [1.82, 2.24) is 0 Å². The molecular formula is C29H50NO5P. The number of phenolic OH excluding ortho intramolecular Hbond substituents is 1. The summed E-state index contributed by atoms with van der Waals surface area (Å²) in [6.45, 7) is 12.9. The minimum Gasteiger partial charge on any atom is -0.507 e. The largest absolute Gasteiger partial charge is 0.507 e. The van der Waals surface area contributed by atoms with Gasteiger partial charge in [0.25, 0.3) is 0 Å². The second kappa shape index (κ2) is 14.2. The van der Waals surface area contributed by atoms with Crippen molar-refractivity contribution in [2.24, 2.45) is 5.73 Å². The van der Waals surface area contributed by atoms with E-state index in [1.165, 1.54) is 0 Å². The molecule has 1 aromatic rings. The van der Waals surface area contributed by atoms with E-state index in [2.05, 4.69) is 41.5 Å². The van der Waals surface area contributed by atoms with Crippen LogP contribution in [-0.2, 0) is 31.1 Å². The molecule has 1 amide bonds. The predicted octanol–water partition coefficient (Wildman–Crippen LogP) is 7.32. The summed E-state index contributed by atoms with van der Waals surface area (Å²) < 4.78 is 13.9. The molecule has 0 heterocycles. The fraction of sp³-hybridized carbons (Fsp3) is 0.724. The van der Waals surface area contributed by atoms with Crippen LogP contribution in [0.15, 0.2) is 12.1 Å². The molecule has 206 valence electrons. The molecule has 0 spiro atoms. The summed E-state index contributed by atoms with van der Waals surface area (Å²) in [4.78, 5) is 22.7. The van der Waals surface area contributed by atoms with E-state index in [4.69, 9.17) is 5.73 Å². The van der Waals surface area contributed by atoms with Crippen LogP contribution in [0.2, 0.25) is 0 Å². The standard InChI is InChI=1S/C29H50NO5P/c1-7-9-11-15-28(3,4)23-19-22(20-24(27(23)34)29(5,6)16-12-10-8-2)21-36(35,17-13-25(30)31)18-14-26(32)33/h19-20,34H,7-18,21H2,1-6H3,(H2,30,31)(H,32,33). The normalized spacial score (nSPS) is 13.9. The van der Waals surface area contributed by atoms with Gasteiger partial charge in [-0.3, -0.25) is 9.59 Å². The number of rotatable bonds is 18. The lowest BCUT2D eigenvalue weighted by atomic mass is 9.73. The molecule has 1 aromatic carbocycles. The van der Waals surface area contributed by atoms with Crippen molar-refractivity contribution in [3.63, 3.8) is 0 Å². The van der Waals surface area contributed by atoms with E-state index in [-0.39, 0.29) is 42.2 Å². The SMILES string of the molecule is CCCCCC(C)(C)c1cc(CP(=O)(CCC(N)=O)CCC(=O)O)cc(C(C)(C)CCCCC)c1O. The number of aromatic hydroxyl groups is 1. The van der Waals surface area contributed by atoms with Crippen molar-refractivity contribution in [3.8, 4) is 5.75 Å². The number of benzene rings is 1. The number of carboxylic acid groups (broad SMARTS) is 1. The van der Waals surface area contributed by atoms with E-state index < -0.39 is 19.0 Å². The van der Waals surface area contributed by atoms with Crippen molar-refractivity contribution in [2.45, 2.75) is 123 Å². The summed E-state index contributed by atoms with van der Waals surface area (Å²) in [6.07, 6.45) is 8.51. The van der Waals surface area contributed by atoms with Crippen molar-refractivity contribution >= 4 is 19.0 Å². The summed E-state index contributed by atoms with van der Waals surface area (Å²) in [5.74, 6) is -1.22. The zero-order valence-electron chi connectivity index (χ0n) is 23.5. The number of carbonyl (C=O) groups is 2. The molecule has 0 bridgehead atoms. The van der Waals surface area contributed by atoms with Gasteiger partial charge in [0.15, 0.2) is 0 Å². The number of hydrogen-bond donors (Lipinski definition) is 3. The monoisotopic (exact) mass is 523 g/mol. The van der Waals surface area contributed by atoms with Gasteiger partial charge in [-0.25, -0.2) is 0 Å². The highest BCUT2D eigenvalue weighted by Crippen LogP contribution is 2.52. The molecule has 0 radical (unpaired) electrons. The Bertz CT molecular complexity index is 857. The first kappa shape index (κ1) is 32.2. The predicted molar refractivity (Wildman–Crippen MR) is 150 cm³/mol. The van der Waals surface area contributed by atoms with E-state index in [0.717, 1.165) is 68.1 Å². The fourth-order valence-electron chi connectivity index (χ4n) is 4.94. The van der Waals surface area contributed by atoms with Gasteiger partial charge in [-0.2, -0.15) is 0 Å². The highest BCUT2D eigenvalue weighted by atomic mass is 31.2. The van der Waals surface area contributed by atoms with E-state index in [0.29, 0.717) is 5.75 Å². The van der Waals surface area contributed by atoms with Crippen LogP contribution in [-0.4, -0.2) is 34.4 Å². The third-order valence-corrected chi connectivity index (χ3v) is 10.4. The van der Waals surface area contributed by atoms with Crippen molar-refractivity contribution in [1.29, 1.82) is 0 Å². The quantitative estimate of drug-likeness (QED) is 0.138. The van der Waals surface area contributed by atoms with E-state index in [9.17, 15) is 24.4 Å². The van der Waals surface area contributed by atoms with Crippen molar-refractivity contribution in [2.75, 3.05) is 12.3 Å². The molecule has 1 atom stereocenters. The zero-order chi connectivity index (χ0) is 27.6. The molecule has 0 aromatic heterocycles. The van der Waals surface area contributed by atoms with Gasteiger partial charge in [0, 0.05) is 36.0 Å². The Balaban J connectivity index is 3.57. The van der Waals surface area contributed by atoms with Gasteiger partial charge in [-0.15, -0.1) is 0 Å². The first-order valence-electron chi connectivity index (χ1n) is 13.6. The molecule has 36 heavy (non-hydrogen) atoms. The van der Waals surface area contributed by atoms with Gasteiger partial charge in [-0.05, 0) is 29.2 Å². The third kappa shape index (κ3) is 10.3. The maximum atomic E-state index is 13.9. The Morgan fingerprint density at radius 3 is 1.69 bits per heavy atom. The van der Waals surface area contributed by atoms with Crippen molar-refractivity contribution < 1.29 is 24.4 Å². The Hall–Kier alpha value is -1.81. The van der Waals surface area contributed by atoms with Crippen molar-refractivity contribution in [3.05, 3.63) is 28.8 Å². The van der Waals surface area contributed by atoms with Gasteiger partial charge >= 0.3 is 5.97 Å². The molecule has 0 aliphatic carbocycles. The van der Waals surface area contributed by atoms with Gasteiger partial charge in [0.05, 0.1) is 13.6 Å². The van der Waals surface area contributed by atoms with E-state index >= 15 is 0 Å². The van der Waals surface area contributed by atoms with Crippen LogP contribution in [0.1, 0.15) is 122 Å². The molecule has 1 rings (SSSR count). The molecule has 0 saturated heterocycles. The van der Waals surface area contributed by atoms with Crippen LogP contribution < -0.4 is 5.73 Å². The smallest absolute Gasteiger partial charge is 0.303 e. The van der Waals surface area contributed by atoms with Gasteiger partial charge in [0.2, 0.25) is 5.91 Å². The number of unbranched alkanes of at least 4 members (excludes halogenated alkanes) is 4. The molecule has 6 nitrogen and oxygen atoms in total. The van der Waals surface area contributed by atoms with Crippen LogP contribution in [0, 0.1) is 0 Å². The Morgan fingerprint density at radius 1 is 0.861 bits per heavy atom. The number of amides is 1. The van der Waals surface area contributed by atoms with Crippen LogP contribution in [0.3, 0.4) is 0 Å². The Morgan fingerprint density at radius 2 is 1.31 bits per heavy atom. The molecule has 0 aliphatic rings. The second-order valence-corrected chi connectivity index (χ2v) is 15.1. The second-order valence-electron chi connectivity index (χ2n) is 11.7. The molecule has 0 fully saturated rings. The maximum absolute atomic E-state index is 13.9. The van der Waals surface area contributed by atoms with E-state index in [1.54, 1.807) is 0 Å². The first-order valence-corrected chi connectivity index (χ1v) is 15.9. The summed E-state index contributed by atoms with van der Waals surface area (Å²) in [6, 6.07) is 3.93. The molecule has 4 N–H and O–H groups in total. The van der Waals surface area contributed by atoms with Crippen LogP contribution >= 0.6 is 7.14 Å². The first-order chi connectivity index (χ1) is 16.7. The number of aliphatic carboxylic acids is 1. The zero-order valence-corrected chi connectivity index (χ0v) is 24.4. The Labute approximate surface area is 218 Å². The van der Waals surface area contributed by atoms with Crippen LogP contribution in [0.4, 0.5) is 0 Å². The lowest BCUT2D eigenvalue weighted by Gasteiger charge is -2.33. The minimum absolute atomic E-state index is 0.0281. The number of primary amides is 1. The molecule has 0 saturated carbocycles. The topological polar surface area (TPSA) is 118 Å². The third-order valence-electron chi connectivity index (χ3n) is 7.41. The summed E-state index contributed by atoms with van der Waals surface area (Å²) in [5, 5.41) is 20.8. The number of phenols is 1. The minimum atomic E-state index is -3.02. The highest BCUT2D eigenvalue weighted by molar-refractivity contribution is 7.63. The maximum Gasteiger partial charge on any atom is 0.303 e. The molecular weight excluding hydrogens is 473 g/mol. The summed E-state index contributed by atoms with van der Waals surface area (Å²) in [7, 11) is -3.02. The number of carboxylic acids is 1. The fourth-order valence-corrected chi connectivity index (χ4v) is 7.55. The summed E-state index contributed by atoms with van der Waals surface area (Å²) >= 11 is 0. The molecule has 0 aliphatic heterocycles. The molecule has 7 heteroatoms. The lowest BCUT2D eigenvalue weighted by Crippen LogP contribution is -2.23. The van der Waals surface area contributed by atoms with E-state index in [1.807, 2.05) is 12.1 Å². The average Bonchev–Trinajstić information content (AvgIpc) is 2.77. The van der Waals surface area contributed by atoms with Gasteiger partial charge in [-0.1, -0.05) is 92.2 Å². The summed E-state index contributed by atoms with van der Waals surface area (Å²) in [5.41, 5.74) is 7.33. The number of hydrogen-bond acceptors (Lipinski definition) is 4. The van der Waals surface area contributed by atoms with Crippen LogP contribution in [0.5, 0.6) is 5.75 Å². The Kier molecular flexibility index (Phi) is 12.7. The average molecular weight is 524 g/mol. The number of nitrogens with two attached hydrogens (primary N) is 1. The molecule has 1 unspecified atom stereocenters. The van der Waals surface area contributed by atoms with Crippen LogP contribution in [0.25, 0.3) is 0 Å². The number of carbonyl (C=O) groups excluding carboxylic acids is 1.